The Kier molecular flexibility index (Phi) is 3.10. The van der Waals surface area contributed by atoms with E-state index in [1.807, 2.05) is 0 Å². The second-order valence-electron chi connectivity index (χ2n) is 4.58. The lowest BCUT2D eigenvalue weighted by atomic mass is 10.1. The minimum atomic E-state index is -0.329. The molecular formula is C14H11BrFN3O. The number of carbonyl (C=O) groups excluding carboxylic acids is 1. The van der Waals surface area contributed by atoms with E-state index in [-0.39, 0.29) is 11.7 Å². The number of nitrogen functional groups attached to an aromatic ring is 1. The molecule has 0 spiro atoms. The van der Waals surface area contributed by atoms with Crippen LogP contribution in [0, 0.1) is 5.82 Å². The van der Waals surface area contributed by atoms with Crippen LogP contribution in [0.15, 0.2) is 34.8 Å². The second kappa shape index (κ2) is 4.79. The molecule has 2 aromatic carbocycles. The van der Waals surface area contributed by atoms with Crippen LogP contribution < -0.4 is 16.4 Å². The third kappa shape index (κ3) is 2.34. The Morgan fingerprint density at radius 3 is 2.85 bits per heavy atom. The summed E-state index contributed by atoms with van der Waals surface area (Å²) in [5, 5.41) is 5.88. The van der Waals surface area contributed by atoms with Crippen molar-refractivity contribution < 1.29 is 9.18 Å². The molecule has 0 unspecified atom stereocenters. The lowest BCUT2D eigenvalue weighted by molar-refractivity contribution is -0.115. The van der Waals surface area contributed by atoms with Gasteiger partial charge in [0.25, 0.3) is 0 Å². The summed E-state index contributed by atoms with van der Waals surface area (Å²) >= 11 is 3.13. The van der Waals surface area contributed by atoms with Gasteiger partial charge < -0.3 is 16.4 Å². The van der Waals surface area contributed by atoms with Gasteiger partial charge in [-0.25, -0.2) is 4.39 Å². The molecule has 1 aliphatic rings. The number of carbonyl (C=O) groups is 1. The molecule has 6 heteroatoms. The molecule has 0 radical (unpaired) electrons. The van der Waals surface area contributed by atoms with E-state index in [4.69, 9.17) is 5.73 Å². The molecule has 2 aromatic rings. The zero-order valence-electron chi connectivity index (χ0n) is 10.3. The Morgan fingerprint density at radius 2 is 2.10 bits per heavy atom. The average molecular weight is 336 g/mol. The summed E-state index contributed by atoms with van der Waals surface area (Å²) < 4.78 is 13.6. The summed E-state index contributed by atoms with van der Waals surface area (Å²) in [5.74, 6) is -0.370. The maximum atomic E-state index is 13.2. The van der Waals surface area contributed by atoms with Crippen molar-refractivity contribution in [3.8, 4) is 0 Å². The van der Waals surface area contributed by atoms with Crippen molar-refractivity contribution in [2.45, 2.75) is 6.42 Å². The zero-order valence-corrected chi connectivity index (χ0v) is 11.9. The molecule has 102 valence electrons. The lowest BCUT2D eigenvalue weighted by Crippen LogP contribution is -2.03. The van der Waals surface area contributed by atoms with Crippen LogP contribution in [0.4, 0.5) is 27.1 Å². The number of hydrogen-bond donors (Lipinski definition) is 3. The van der Waals surface area contributed by atoms with Crippen molar-refractivity contribution in [3.63, 3.8) is 0 Å². The zero-order chi connectivity index (χ0) is 14.3. The summed E-state index contributed by atoms with van der Waals surface area (Å²) in [6.07, 6.45) is 0.349. The van der Waals surface area contributed by atoms with Crippen LogP contribution in [0.2, 0.25) is 0 Å². The molecule has 1 aliphatic heterocycles. The fourth-order valence-corrected chi connectivity index (χ4v) is 2.51. The van der Waals surface area contributed by atoms with E-state index in [1.165, 1.54) is 6.07 Å². The Bertz CT molecular complexity index is 718. The van der Waals surface area contributed by atoms with Crippen LogP contribution in [-0.4, -0.2) is 5.91 Å². The summed E-state index contributed by atoms with van der Waals surface area (Å²) in [6.45, 7) is 0. The highest BCUT2D eigenvalue weighted by Gasteiger charge is 2.19. The molecule has 1 heterocycles. The van der Waals surface area contributed by atoms with Crippen LogP contribution in [0.1, 0.15) is 5.56 Å². The highest BCUT2D eigenvalue weighted by Crippen LogP contribution is 2.33. The third-order valence-electron chi connectivity index (χ3n) is 3.10. The minimum Gasteiger partial charge on any atom is -0.397 e. The van der Waals surface area contributed by atoms with Gasteiger partial charge in [-0.15, -0.1) is 0 Å². The Hall–Kier alpha value is -2.08. The standard InChI is InChI=1S/C14H11BrFN3O/c15-9-5-8(1-2-10(9)16)18-13-6-12-7(3-11(13)17)4-14(20)19-12/h1-3,5-6,18H,4,17H2,(H,19,20). The summed E-state index contributed by atoms with van der Waals surface area (Å²) in [4.78, 5) is 11.3. The Balaban J connectivity index is 1.93. The number of halogens is 2. The van der Waals surface area contributed by atoms with Crippen molar-refractivity contribution in [2.75, 3.05) is 16.4 Å². The molecule has 0 atom stereocenters. The number of hydrogen-bond acceptors (Lipinski definition) is 3. The van der Waals surface area contributed by atoms with Gasteiger partial charge >= 0.3 is 0 Å². The molecular weight excluding hydrogens is 325 g/mol. The van der Waals surface area contributed by atoms with Crippen LogP contribution in [0.3, 0.4) is 0 Å². The van der Waals surface area contributed by atoms with Crippen molar-refractivity contribution in [2.24, 2.45) is 0 Å². The van der Waals surface area contributed by atoms with Gasteiger partial charge in [-0.1, -0.05) is 0 Å². The van der Waals surface area contributed by atoms with Crippen molar-refractivity contribution >= 4 is 44.6 Å². The van der Waals surface area contributed by atoms with E-state index in [0.717, 1.165) is 11.3 Å². The smallest absolute Gasteiger partial charge is 0.228 e. The van der Waals surface area contributed by atoms with Gasteiger partial charge in [0.2, 0.25) is 5.91 Å². The highest BCUT2D eigenvalue weighted by molar-refractivity contribution is 9.10. The predicted octanol–water partition coefficient (Wildman–Crippen LogP) is 3.41. The number of fused-ring (bicyclic) bond motifs is 1. The molecule has 1 amide bonds. The second-order valence-corrected chi connectivity index (χ2v) is 5.43. The van der Waals surface area contributed by atoms with Gasteiger partial charge in [0, 0.05) is 11.4 Å². The van der Waals surface area contributed by atoms with Gasteiger partial charge in [-0.3, -0.25) is 4.79 Å². The molecule has 0 saturated carbocycles. The minimum absolute atomic E-state index is 0.0407. The fraction of sp³-hybridized carbons (Fsp3) is 0.0714. The van der Waals surface area contributed by atoms with Crippen molar-refractivity contribution in [1.29, 1.82) is 0 Å². The van der Waals surface area contributed by atoms with Crippen LogP contribution in [0.5, 0.6) is 0 Å². The quantitative estimate of drug-likeness (QED) is 0.737. The van der Waals surface area contributed by atoms with E-state index in [2.05, 4.69) is 26.6 Å². The predicted molar refractivity (Wildman–Crippen MR) is 80.6 cm³/mol. The van der Waals surface area contributed by atoms with Gasteiger partial charge in [0.15, 0.2) is 0 Å². The number of amides is 1. The Labute approximate surface area is 123 Å². The first-order chi connectivity index (χ1) is 9.52. The molecule has 20 heavy (non-hydrogen) atoms. The SMILES string of the molecule is Nc1cc2c(cc1Nc1ccc(F)c(Br)c1)NC(=O)C2. The summed E-state index contributed by atoms with van der Waals surface area (Å²) in [6, 6.07) is 8.16. The van der Waals surface area contributed by atoms with Crippen molar-refractivity contribution in [3.05, 3.63) is 46.2 Å². The van der Waals surface area contributed by atoms with Gasteiger partial charge in [0.1, 0.15) is 5.82 Å². The van der Waals surface area contributed by atoms with E-state index in [9.17, 15) is 9.18 Å². The molecule has 0 saturated heterocycles. The fourth-order valence-electron chi connectivity index (χ4n) is 2.13. The van der Waals surface area contributed by atoms with Crippen LogP contribution in [0.25, 0.3) is 0 Å². The maximum Gasteiger partial charge on any atom is 0.228 e. The molecule has 0 fully saturated rings. The largest absolute Gasteiger partial charge is 0.397 e. The molecule has 4 N–H and O–H groups in total. The van der Waals surface area contributed by atoms with Crippen molar-refractivity contribution in [1.82, 2.24) is 0 Å². The topological polar surface area (TPSA) is 67.2 Å². The normalized spacial score (nSPS) is 13.0. The number of benzene rings is 2. The number of nitrogens with two attached hydrogens (primary N) is 1. The Morgan fingerprint density at radius 1 is 1.30 bits per heavy atom. The summed E-state index contributed by atoms with van der Waals surface area (Å²) in [7, 11) is 0. The first-order valence-electron chi connectivity index (χ1n) is 5.97. The van der Waals surface area contributed by atoms with Gasteiger partial charge in [-0.05, 0) is 51.8 Å². The van der Waals surface area contributed by atoms with E-state index >= 15 is 0 Å². The molecule has 0 bridgehead atoms. The van der Waals surface area contributed by atoms with E-state index in [0.29, 0.717) is 28.0 Å². The van der Waals surface area contributed by atoms with Crippen LogP contribution >= 0.6 is 15.9 Å². The van der Waals surface area contributed by atoms with E-state index in [1.54, 1.807) is 24.3 Å². The number of rotatable bonds is 2. The molecule has 4 nitrogen and oxygen atoms in total. The molecule has 0 aliphatic carbocycles. The van der Waals surface area contributed by atoms with Gasteiger partial charge in [-0.2, -0.15) is 0 Å². The molecule has 3 rings (SSSR count). The third-order valence-corrected chi connectivity index (χ3v) is 3.71. The number of anilines is 4. The number of nitrogens with one attached hydrogen (secondary N) is 2. The monoisotopic (exact) mass is 335 g/mol. The first-order valence-corrected chi connectivity index (χ1v) is 6.76. The highest BCUT2D eigenvalue weighted by atomic mass is 79.9. The maximum absolute atomic E-state index is 13.2. The lowest BCUT2D eigenvalue weighted by Gasteiger charge is -2.12. The average Bonchev–Trinajstić information content (AvgIpc) is 2.73. The first kappa shape index (κ1) is 12.9. The van der Waals surface area contributed by atoms with Gasteiger partial charge in [0.05, 0.1) is 22.3 Å². The van der Waals surface area contributed by atoms with Crippen LogP contribution in [-0.2, 0) is 11.2 Å². The van der Waals surface area contributed by atoms with E-state index < -0.39 is 0 Å². The molecule has 0 aromatic heterocycles. The summed E-state index contributed by atoms with van der Waals surface area (Å²) in [5.41, 5.74) is 9.53.